The molecule has 8 nitrogen and oxygen atoms in total. The van der Waals surface area contributed by atoms with Gasteiger partial charge in [-0.1, -0.05) is 41.3 Å². The zero-order valence-electron chi connectivity index (χ0n) is 15.5. The van der Waals surface area contributed by atoms with Crippen LogP contribution in [0.5, 0.6) is 5.75 Å². The van der Waals surface area contributed by atoms with Crippen LogP contribution in [0.4, 0.5) is 5.13 Å². The van der Waals surface area contributed by atoms with Gasteiger partial charge in [0.1, 0.15) is 11.3 Å². The van der Waals surface area contributed by atoms with Gasteiger partial charge in [0.15, 0.2) is 17.1 Å². The number of nitrogens with zero attached hydrogens (tertiary/aromatic N) is 5. The molecule has 28 heavy (non-hydrogen) atoms. The molecule has 1 atom stereocenters. The van der Waals surface area contributed by atoms with Crippen LogP contribution in [-0.2, 0) is 11.3 Å². The Morgan fingerprint density at radius 3 is 3.00 bits per heavy atom. The number of ether oxygens (including phenoxy) is 1. The van der Waals surface area contributed by atoms with Crippen LogP contribution in [0.25, 0.3) is 0 Å². The monoisotopic (exact) mass is 416 g/mol. The first-order valence-electron chi connectivity index (χ1n) is 8.53. The van der Waals surface area contributed by atoms with Crippen LogP contribution in [0, 0.1) is 6.92 Å². The fourth-order valence-electron chi connectivity index (χ4n) is 2.47. The summed E-state index contributed by atoms with van der Waals surface area (Å²) >= 11 is 2.56. The molecule has 0 saturated heterocycles. The number of benzene rings is 1. The van der Waals surface area contributed by atoms with Crippen molar-refractivity contribution < 1.29 is 9.53 Å². The molecule has 0 aliphatic rings. The third kappa shape index (κ3) is 5.17. The minimum Gasteiger partial charge on any atom is -0.483 e. The first kappa shape index (κ1) is 20.0. The van der Waals surface area contributed by atoms with E-state index in [1.54, 1.807) is 11.6 Å². The van der Waals surface area contributed by atoms with Crippen molar-refractivity contribution >= 4 is 34.1 Å². The minimum absolute atomic E-state index is 0.180. The van der Waals surface area contributed by atoms with Crippen molar-refractivity contribution in [2.45, 2.75) is 31.7 Å². The molecular weight excluding hydrogens is 396 g/mol. The van der Waals surface area contributed by atoms with Crippen molar-refractivity contribution in [3.05, 3.63) is 53.8 Å². The first-order chi connectivity index (χ1) is 13.6. The van der Waals surface area contributed by atoms with Gasteiger partial charge in [-0.2, -0.15) is 0 Å². The molecule has 0 bridgehead atoms. The summed E-state index contributed by atoms with van der Waals surface area (Å²) in [6.07, 6.45) is 1.45. The second-order valence-corrected chi connectivity index (χ2v) is 7.67. The van der Waals surface area contributed by atoms with Gasteiger partial charge in [0, 0.05) is 6.54 Å². The number of nitrogens with one attached hydrogen (secondary N) is 1. The average molecular weight is 417 g/mol. The minimum atomic E-state index is -0.307. The van der Waals surface area contributed by atoms with E-state index >= 15 is 0 Å². The molecule has 10 heteroatoms. The molecule has 3 rings (SSSR count). The summed E-state index contributed by atoms with van der Waals surface area (Å²) in [5.74, 6) is 1.45. The quantitative estimate of drug-likeness (QED) is 0.421. The molecule has 0 fully saturated rings. The summed E-state index contributed by atoms with van der Waals surface area (Å²) in [7, 11) is 0. The van der Waals surface area contributed by atoms with Gasteiger partial charge in [-0.05, 0) is 31.5 Å². The Labute approximate surface area is 171 Å². The third-order valence-electron chi connectivity index (χ3n) is 3.66. The maximum atomic E-state index is 12.1. The van der Waals surface area contributed by atoms with Gasteiger partial charge in [-0.15, -0.1) is 27.0 Å². The predicted molar refractivity (Wildman–Crippen MR) is 110 cm³/mol. The van der Waals surface area contributed by atoms with Crippen LogP contribution in [-0.4, -0.2) is 36.6 Å². The zero-order valence-corrected chi connectivity index (χ0v) is 17.2. The number of hydrogen-bond donors (Lipinski definition) is 1. The highest BCUT2D eigenvalue weighted by Crippen LogP contribution is 2.25. The van der Waals surface area contributed by atoms with Gasteiger partial charge in [0.05, 0.1) is 5.75 Å². The summed E-state index contributed by atoms with van der Waals surface area (Å²) in [6.45, 7) is 8.25. The Hall–Kier alpha value is -2.72. The molecule has 0 aliphatic carbocycles. The number of carbonyl (C=O) groups is 1. The molecule has 146 valence electrons. The lowest BCUT2D eigenvalue weighted by molar-refractivity contribution is -0.113. The Kier molecular flexibility index (Phi) is 6.77. The van der Waals surface area contributed by atoms with Crippen LogP contribution >= 0.6 is 23.1 Å². The summed E-state index contributed by atoms with van der Waals surface area (Å²) in [6, 6.07) is 7.84. The molecule has 3 aromatic rings. The molecule has 0 aliphatic heterocycles. The normalized spacial score (nSPS) is 11.8. The smallest absolute Gasteiger partial charge is 0.236 e. The molecule has 0 saturated carbocycles. The number of thioether (sulfide) groups is 1. The fraction of sp³-hybridized carbons (Fsp3) is 0.278. The van der Waals surface area contributed by atoms with E-state index < -0.39 is 0 Å². The largest absolute Gasteiger partial charge is 0.483 e. The number of hydrogen-bond acceptors (Lipinski definition) is 8. The lowest BCUT2D eigenvalue weighted by Gasteiger charge is -2.16. The molecule has 2 heterocycles. The zero-order chi connectivity index (χ0) is 19.9. The maximum absolute atomic E-state index is 12.1. The lowest BCUT2D eigenvalue weighted by atomic mass is 10.2. The van der Waals surface area contributed by atoms with Crippen LogP contribution in [0.2, 0.25) is 0 Å². The van der Waals surface area contributed by atoms with Gasteiger partial charge in [-0.3, -0.25) is 14.7 Å². The van der Waals surface area contributed by atoms with E-state index in [9.17, 15) is 4.79 Å². The predicted octanol–water partition coefficient (Wildman–Crippen LogP) is 3.49. The number of anilines is 1. The van der Waals surface area contributed by atoms with Crippen molar-refractivity contribution in [1.29, 1.82) is 0 Å². The molecule has 1 unspecified atom stereocenters. The maximum Gasteiger partial charge on any atom is 0.236 e. The van der Waals surface area contributed by atoms with Gasteiger partial charge in [-0.25, -0.2) is 0 Å². The first-order valence-corrected chi connectivity index (χ1v) is 10.4. The third-order valence-corrected chi connectivity index (χ3v) is 5.24. The second-order valence-electron chi connectivity index (χ2n) is 5.90. The standard InChI is InChI=1S/C18H20N6O2S2/c1-4-8-24-16(13(3)26-14-7-5-6-12(2)9-14)21-23-18(24)27-10-15(25)20-17-22-19-11-28-17/h4-7,9,11,13H,1,8,10H2,2-3H3,(H,20,22,25). The van der Waals surface area contributed by atoms with Crippen LogP contribution < -0.4 is 10.1 Å². The van der Waals surface area contributed by atoms with E-state index in [1.165, 1.54) is 23.1 Å². The topological polar surface area (TPSA) is 94.8 Å². The fourth-order valence-corrected chi connectivity index (χ4v) is 3.68. The van der Waals surface area contributed by atoms with Crippen molar-refractivity contribution in [3.63, 3.8) is 0 Å². The number of rotatable bonds is 9. The molecule has 0 spiro atoms. The SMILES string of the molecule is C=CCn1c(SCC(=O)Nc2nncs2)nnc1C(C)Oc1cccc(C)c1. The Morgan fingerprint density at radius 2 is 2.29 bits per heavy atom. The van der Waals surface area contributed by atoms with Crippen molar-refractivity contribution in [2.75, 3.05) is 11.1 Å². The highest BCUT2D eigenvalue weighted by atomic mass is 32.2. The van der Waals surface area contributed by atoms with Crippen molar-refractivity contribution in [3.8, 4) is 5.75 Å². The number of aromatic nitrogens is 5. The number of carbonyl (C=O) groups excluding carboxylic acids is 1. The van der Waals surface area contributed by atoms with E-state index in [0.29, 0.717) is 22.7 Å². The van der Waals surface area contributed by atoms with Crippen molar-refractivity contribution in [2.24, 2.45) is 0 Å². The molecule has 0 radical (unpaired) electrons. The molecule has 1 amide bonds. The molecule has 1 aromatic carbocycles. The highest BCUT2D eigenvalue weighted by molar-refractivity contribution is 7.99. The summed E-state index contributed by atoms with van der Waals surface area (Å²) < 4.78 is 7.92. The van der Waals surface area contributed by atoms with Crippen molar-refractivity contribution in [1.82, 2.24) is 25.0 Å². The van der Waals surface area contributed by atoms with E-state index in [4.69, 9.17) is 4.74 Å². The Balaban J connectivity index is 1.68. The van der Waals surface area contributed by atoms with Gasteiger partial charge >= 0.3 is 0 Å². The molecule has 2 aromatic heterocycles. The van der Waals surface area contributed by atoms with Crippen LogP contribution in [0.15, 0.2) is 47.6 Å². The van der Waals surface area contributed by atoms with E-state index in [-0.39, 0.29) is 17.8 Å². The van der Waals surface area contributed by atoms with Gasteiger partial charge in [0.25, 0.3) is 0 Å². The second kappa shape index (κ2) is 9.47. The summed E-state index contributed by atoms with van der Waals surface area (Å²) in [4.78, 5) is 12.1. The van der Waals surface area contributed by atoms with E-state index in [2.05, 4.69) is 32.3 Å². The summed E-state index contributed by atoms with van der Waals surface area (Å²) in [5, 5.41) is 19.8. The number of allylic oxidation sites excluding steroid dienone is 1. The van der Waals surface area contributed by atoms with Crippen LogP contribution in [0.1, 0.15) is 24.4 Å². The lowest BCUT2D eigenvalue weighted by Crippen LogP contribution is -2.15. The van der Waals surface area contributed by atoms with E-state index in [1.807, 2.05) is 42.7 Å². The molecular formula is C18H20N6O2S2. The summed E-state index contributed by atoms with van der Waals surface area (Å²) in [5.41, 5.74) is 2.68. The van der Waals surface area contributed by atoms with Crippen LogP contribution in [0.3, 0.4) is 0 Å². The number of aryl methyl sites for hydroxylation is 1. The Morgan fingerprint density at radius 1 is 1.43 bits per heavy atom. The highest BCUT2D eigenvalue weighted by Gasteiger charge is 2.20. The van der Waals surface area contributed by atoms with Gasteiger partial charge in [0.2, 0.25) is 11.0 Å². The Bertz CT molecular complexity index is 941. The number of amides is 1. The van der Waals surface area contributed by atoms with E-state index in [0.717, 1.165) is 11.3 Å². The average Bonchev–Trinajstić information content (AvgIpc) is 3.30. The molecule has 1 N–H and O–H groups in total. The van der Waals surface area contributed by atoms with Gasteiger partial charge < -0.3 is 4.74 Å².